The van der Waals surface area contributed by atoms with Gasteiger partial charge in [0.1, 0.15) is 12.4 Å². The van der Waals surface area contributed by atoms with Crippen LogP contribution in [0, 0.1) is 0 Å². The molecule has 0 unspecified atom stereocenters. The molecule has 27 heavy (non-hydrogen) atoms. The zero-order chi connectivity index (χ0) is 18.5. The van der Waals surface area contributed by atoms with Gasteiger partial charge in [-0.3, -0.25) is 4.98 Å². The first-order chi connectivity index (χ1) is 13.3. The molecule has 0 saturated heterocycles. The molecule has 0 atom stereocenters. The van der Waals surface area contributed by atoms with E-state index in [9.17, 15) is 0 Å². The molecule has 0 amide bonds. The lowest BCUT2D eigenvalue weighted by Crippen LogP contribution is -1.97. The Morgan fingerprint density at radius 3 is 2.52 bits per heavy atom. The Morgan fingerprint density at radius 1 is 0.926 bits per heavy atom. The third-order valence-electron chi connectivity index (χ3n) is 3.73. The van der Waals surface area contributed by atoms with E-state index in [-0.39, 0.29) is 6.01 Å². The average Bonchev–Trinajstić information content (AvgIpc) is 3.17. The van der Waals surface area contributed by atoms with Crippen LogP contribution in [-0.4, -0.2) is 15.2 Å². The maximum atomic E-state index is 5.92. The van der Waals surface area contributed by atoms with Gasteiger partial charge in [-0.1, -0.05) is 28.8 Å². The van der Waals surface area contributed by atoms with E-state index in [0.717, 1.165) is 5.56 Å². The summed E-state index contributed by atoms with van der Waals surface area (Å²) in [6.07, 6.45) is 3.46. The monoisotopic (exact) mass is 377 g/mol. The molecule has 0 N–H and O–H groups in total. The number of ether oxygens (including phenoxy) is 1. The number of pyridine rings is 1. The second-order valence-corrected chi connectivity index (χ2v) is 6.05. The van der Waals surface area contributed by atoms with Crippen LogP contribution in [0.25, 0.3) is 11.5 Å². The van der Waals surface area contributed by atoms with E-state index >= 15 is 0 Å². The molecule has 2 heterocycles. The number of rotatable bonds is 6. The smallest absolute Gasteiger partial charge is 0.343 e. The molecule has 0 aliphatic rings. The molecule has 0 spiro atoms. The SMILES string of the molecule is Clc1ccc([N]c2nnc(-c3ccccc3OCc3ccncc3)o2)cc1. The lowest BCUT2D eigenvalue weighted by molar-refractivity contribution is 0.306. The molecule has 4 rings (SSSR count). The number of benzene rings is 2. The molecular formula is C20H14ClN4O2. The van der Waals surface area contributed by atoms with Crippen molar-refractivity contribution in [3.8, 4) is 17.2 Å². The average molecular weight is 378 g/mol. The van der Waals surface area contributed by atoms with Crippen LogP contribution in [0.2, 0.25) is 5.02 Å². The van der Waals surface area contributed by atoms with Crippen molar-refractivity contribution in [1.29, 1.82) is 0 Å². The van der Waals surface area contributed by atoms with Crippen molar-refractivity contribution in [3.05, 3.63) is 83.6 Å². The summed E-state index contributed by atoms with van der Waals surface area (Å²) in [6.45, 7) is 0.412. The lowest BCUT2D eigenvalue weighted by Gasteiger charge is -2.09. The Kier molecular flexibility index (Phi) is 4.98. The van der Waals surface area contributed by atoms with Crippen LogP contribution in [0.5, 0.6) is 5.75 Å². The Bertz CT molecular complexity index is 1020. The van der Waals surface area contributed by atoms with E-state index in [4.69, 9.17) is 20.8 Å². The molecule has 2 aromatic heterocycles. The fourth-order valence-corrected chi connectivity index (χ4v) is 2.53. The third-order valence-corrected chi connectivity index (χ3v) is 3.98. The van der Waals surface area contributed by atoms with Crippen LogP contribution in [-0.2, 0) is 6.61 Å². The number of aromatic nitrogens is 3. The minimum absolute atomic E-state index is 0.163. The van der Waals surface area contributed by atoms with Crippen molar-refractivity contribution in [2.45, 2.75) is 6.61 Å². The highest BCUT2D eigenvalue weighted by molar-refractivity contribution is 6.30. The fourth-order valence-electron chi connectivity index (χ4n) is 2.40. The summed E-state index contributed by atoms with van der Waals surface area (Å²) in [5.41, 5.74) is 2.40. The third kappa shape index (κ3) is 4.24. The molecule has 0 saturated carbocycles. The molecule has 0 fully saturated rings. The predicted octanol–water partition coefficient (Wildman–Crippen LogP) is 4.93. The van der Waals surface area contributed by atoms with E-state index in [0.29, 0.717) is 34.5 Å². The van der Waals surface area contributed by atoms with Gasteiger partial charge in [0, 0.05) is 17.4 Å². The second kappa shape index (κ2) is 7.88. The number of halogens is 1. The van der Waals surface area contributed by atoms with Gasteiger partial charge in [0.2, 0.25) is 0 Å². The maximum absolute atomic E-state index is 5.92. The molecule has 2 aromatic carbocycles. The van der Waals surface area contributed by atoms with Gasteiger partial charge in [-0.25, -0.2) is 0 Å². The summed E-state index contributed by atoms with van der Waals surface area (Å²) in [4.78, 5) is 4.00. The second-order valence-electron chi connectivity index (χ2n) is 5.62. The van der Waals surface area contributed by atoms with E-state index < -0.39 is 0 Å². The van der Waals surface area contributed by atoms with Gasteiger partial charge in [0.15, 0.2) is 0 Å². The van der Waals surface area contributed by atoms with Gasteiger partial charge in [-0.15, -0.1) is 5.10 Å². The highest BCUT2D eigenvalue weighted by atomic mass is 35.5. The van der Waals surface area contributed by atoms with Crippen molar-refractivity contribution in [2.75, 3.05) is 0 Å². The molecule has 0 aliphatic carbocycles. The van der Waals surface area contributed by atoms with Crippen LogP contribution >= 0.6 is 11.6 Å². The number of hydrogen-bond donors (Lipinski definition) is 0. The number of para-hydroxylation sites is 1. The summed E-state index contributed by atoms with van der Waals surface area (Å²) >= 11 is 5.88. The molecule has 6 nitrogen and oxygen atoms in total. The highest BCUT2D eigenvalue weighted by Crippen LogP contribution is 2.31. The molecule has 1 radical (unpaired) electrons. The van der Waals surface area contributed by atoms with Crippen LogP contribution in [0.3, 0.4) is 0 Å². The van der Waals surface area contributed by atoms with Crippen molar-refractivity contribution < 1.29 is 9.15 Å². The van der Waals surface area contributed by atoms with Crippen LogP contribution in [0.15, 0.2) is 77.5 Å². The molecular weight excluding hydrogens is 364 g/mol. The number of nitrogens with zero attached hydrogens (tertiary/aromatic N) is 4. The summed E-state index contributed by atoms with van der Waals surface area (Å²) in [5.74, 6) is 0.990. The maximum Gasteiger partial charge on any atom is 0.343 e. The number of hydrogen-bond acceptors (Lipinski definition) is 5. The van der Waals surface area contributed by atoms with Crippen molar-refractivity contribution in [3.63, 3.8) is 0 Å². The largest absolute Gasteiger partial charge is 0.488 e. The van der Waals surface area contributed by atoms with Gasteiger partial charge >= 0.3 is 6.01 Å². The summed E-state index contributed by atoms with van der Waals surface area (Å²) < 4.78 is 11.6. The van der Waals surface area contributed by atoms with Gasteiger partial charge in [-0.2, -0.15) is 5.32 Å². The van der Waals surface area contributed by atoms with Gasteiger partial charge in [0.05, 0.1) is 11.3 Å². The van der Waals surface area contributed by atoms with Gasteiger partial charge in [0.25, 0.3) is 5.89 Å². The Labute approximate surface area is 160 Å². The lowest BCUT2D eigenvalue weighted by atomic mass is 10.2. The Balaban J connectivity index is 1.52. The summed E-state index contributed by atoms with van der Waals surface area (Å²) in [5, 5.41) is 13.0. The molecule has 133 valence electrons. The molecule has 7 heteroatoms. The minimum Gasteiger partial charge on any atom is -0.488 e. The van der Waals surface area contributed by atoms with Gasteiger partial charge < -0.3 is 9.15 Å². The van der Waals surface area contributed by atoms with E-state index in [2.05, 4.69) is 20.5 Å². The molecule has 0 aliphatic heterocycles. The van der Waals surface area contributed by atoms with Crippen molar-refractivity contribution >= 4 is 23.3 Å². The van der Waals surface area contributed by atoms with Crippen molar-refractivity contribution in [1.82, 2.24) is 20.5 Å². The normalized spacial score (nSPS) is 10.6. The van der Waals surface area contributed by atoms with Gasteiger partial charge in [-0.05, 0) is 54.1 Å². The Hall–Kier alpha value is -3.38. The van der Waals surface area contributed by atoms with E-state index in [1.54, 1.807) is 36.7 Å². The van der Waals surface area contributed by atoms with Crippen LogP contribution < -0.4 is 10.1 Å². The first kappa shape index (κ1) is 17.1. The van der Waals surface area contributed by atoms with Crippen LogP contribution in [0.1, 0.15) is 5.56 Å². The fraction of sp³-hybridized carbons (Fsp3) is 0.0500. The van der Waals surface area contributed by atoms with E-state index in [1.165, 1.54) is 0 Å². The minimum atomic E-state index is 0.163. The summed E-state index contributed by atoms with van der Waals surface area (Å²) in [6, 6.07) is 18.5. The van der Waals surface area contributed by atoms with Crippen molar-refractivity contribution in [2.24, 2.45) is 0 Å². The predicted molar refractivity (Wildman–Crippen MR) is 101 cm³/mol. The van der Waals surface area contributed by atoms with E-state index in [1.807, 2.05) is 36.4 Å². The highest BCUT2D eigenvalue weighted by Gasteiger charge is 2.14. The summed E-state index contributed by atoms with van der Waals surface area (Å²) in [7, 11) is 0. The topological polar surface area (TPSA) is 75.1 Å². The first-order valence-electron chi connectivity index (χ1n) is 8.20. The quantitative estimate of drug-likeness (QED) is 0.476. The zero-order valence-corrected chi connectivity index (χ0v) is 14.9. The zero-order valence-electron chi connectivity index (χ0n) is 14.1. The first-order valence-corrected chi connectivity index (χ1v) is 8.58. The van der Waals surface area contributed by atoms with Crippen LogP contribution in [0.4, 0.5) is 11.7 Å². The molecule has 4 aromatic rings. The molecule has 0 bridgehead atoms. The standard InChI is InChI=1S/C20H14ClN4O2/c21-15-5-7-16(8-6-15)23-20-25-24-19(27-20)17-3-1-2-4-18(17)26-13-14-9-11-22-12-10-14/h1-12H,13H2. The Morgan fingerprint density at radius 2 is 1.70 bits per heavy atom.